The minimum atomic E-state index is -0.537. The van der Waals surface area contributed by atoms with Gasteiger partial charge in [0.2, 0.25) is 0 Å². The number of carbonyl (C=O) groups is 2. The van der Waals surface area contributed by atoms with Gasteiger partial charge in [-0.05, 0) is 70.6 Å². The first kappa shape index (κ1) is 60.4. The molecule has 0 radical (unpaired) electrons. The summed E-state index contributed by atoms with van der Waals surface area (Å²) in [7, 11) is 0. The molecule has 0 rings (SSSR count). The van der Waals surface area contributed by atoms with Crippen molar-refractivity contribution >= 4 is 11.9 Å². The van der Waals surface area contributed by atoms with Crippen molar-refractivity contribution in [1.82, 2.24) is 0 Å². The van der Waals surface area contributed by atoms with Crippen LogP contribution in [0.4, 0.5) is 0 Å². The van der Waals surface area contributed by atoms with E-state index in [0.29, 0.717) is 19.4 Å². The number of allylic oxidation sites excluding steroid dienone is 4. The summed E-state index contributed by atoms with van der Waals surface area (Å²) < 4.78 is 17.5. The van der Waals surface area contributed by atoms with Gasteiger partial charge in [0.05, 0.1) is 6.61 Å². The lowest BCUT2D eigenvalue weighted by Gasteiger charge is -2.18. The van der Waals surface area contributed by atoms with Crippen LogP contribution >= 0.6 is 0 Å². The van der Waals surface area contributed by atoms with Crippen molar-refractivity contribution in [3.63, 3.8) is 0 Å². The Morgan fingerprint density at radius 1 is 0.339 bits per heavy atom. The second kappa shape index (κ2) is 53.7. The zero-order chi connectivity index (χ0) is 44.9. The topological polar surface area (TPSA) is 61.8 Å². The molecule has 0 aliphatic carbocycles. The Labute approximate surface area is 387 Å². The van der Waals surface area contributed by atoms with Gasteiger partial charge in [-0.2, -0.15) is 0 Å². The molecule has 5 heteroatoms. The number of carbonyl (C=O) groups excluding carboxylic acids is 2. The third-order valence-electron chi connectivity index (χ3n) is 12.5. The van der Waals surface area contributed by atoms with Crippen LogP contribution in [0, 0.1) is 0 Å². The summed E-state index contributed by atoms with van der Waals surface area (Å²) in [5, 5.41) is 0. The number of ether oxygens (including phenoxy) is 3. The van der Waals surface area contributed by atoms with E-state index in [1.165, 1.54) is 212 Å². The molecule has 0 amide bonds. The third kappa shape index (κ3) is 51.0. The van der Waals surface area contributed by atoms with Crippen molar-refractivity contribution < 1.29 is 23.8 Å². The van der Waals surface area contributed by atoms with Gasteiger partial charge in [0.1, 0.15) is 6.61 Å². The summed E-state index contributed by atoms with van der Waals surface area (Å²) in [5.74, 6) is -0.398. The van der Waals surface area contributed by atoms with E-state index in [9.17, 15) is 9.59 Å². The third-order valence-corrected chi connectivity index (χ3v) is 12.5. The molecule has 0 aliphatic rings. The highest BCUT2D eigenvalue weighted by atomic mass is 16.6. The fourth-order valence-corrected chi connectivity index (χ4v) is 8.27. The zero-order valence-corrected chi connectivity index (χ0v) is 42.2. The van der Waals surface area contributed by atoms with Crippen LogP contribution in [0.2, 0.25) is 0 Å². The van der Waals surface area contributed by atoms with Crippen molar-refractivity contribution in [3.05, 3.63) is 24.3 Å². The van der Waals surface area contributed by atoms with Gasteiger partial charge in [0.25, 0.3) is 0 Å². The van der Waals surface area contributed by atoms with E-state index in [-0.39, 0.29) is 25.2 Å². The van der Waals surface area contributed by atoms with Gasteiger partial charge < -0.3 is 14.2 Å². The molecule has 1 atom stereocenters. The van der Waals surface area contributed by atoms with Crippen molar-refractivity contribution in [2.45, 2.75) is 309 Å². The summed E-state index contributed by atoms with van der Waals surface area (Å²) in [6.07, 6.45) is 63.3. The first-order valence-corrected chi connectivity index (χ1v) is 27.9. The smallest absolute Gasteiger partial charge is 0.306 e. The largest absolute Gasteiger partial charge is 0.462 e. The van der Waals surface area contributed by atoms with Gasteiger partial charge in [-0.1, -0.05) is 244 Å². The lowest BCUT2D eigenvalue weighted by molar-refractivity contribution is -0.163. The number of unbranched alkanes of at least 4 members (excludes halogenated alkanes) is 37. The van der Waals surface area contributed by atoms with Crippen LogP contribution in [0.3, 0.4) is 0 Å². The summed E-state index contributed by atoms with van der Waals surface area (Å²) in [6.45, 7) is 7.86. The molecule has 0 aromatic heterocycles. The molecule has 0 aliphatic heterocycles. The van der Waals surface area contributed by atoms with Crippen LogP contribution in [0.5, 0.6) is 0 Å². The van der Waals surface area contributed by atoms with Gasteiger partial charge in [-0.25, -0.2) is 0 Å². The molecule has 0 aromatic carbocycles. The molecule has 366 valence electrons. The fourth-order valence-electron chi connectivity index (χ4n) is 8.27. The Bertz CT molecular complexity index is 943. The molecule has 0 heterocycles. The lowest BCUT2D eigenvalue weighted by Crippen LogP contribution is -2.30. The van der Waals surface area contributed by atoms with Crippen LogP contribution in [0.1, 0.15) is 303 Å². The number of hydrogen-bond donors (Lipinski definition) is 0. The molecule has 0 unspecified atom stereocenters. The van der Waals surface area contributed by atoms with E-state index in [1.807, 2.05) is 0 Å². The SMILES string of the molecule is CCCCCCCC/C=C\CCCCCCCC(=O)OC[C@@H](COCCCCCCCCCCCCCCCCCC)OC(=O)CCCCCCC/C=C\CCCCCCCC. The molecule has 0 saturated carbocycles. The highest BCUT2D eigenvalue weighted by molar-refractivity contribution is 5.70. The maximum Gasteiger partial charge on any atom is 0.306 e. The van der Waals surface area contributed by atoms with Gasteiger partial charge in [0.15, 0.2) is 6.10 Å². The monoisotopic (exact) mass is 873 g/mol. The van der Waals surface area contributed by atoms with Crippen molar-refractivity contribution in [3.8, 4) is 0 Å². The first-order valence-electron chi connectivity index (χ1n) is 27.9. The minimum absolute atomic E-state index is 0.0843. The van der Waals surface area contributed by atoms with Gasteiger partial charge >= 0.3 is 11.9 Å². The van der Waals surface area contributed by atoms with Gasteiger partial charge in [-0.15, -0.1) is 0 Å². The molecule has 0 N–H and O–H groups in total. The maximum absolute atomic E-state index is 12.8. The highest BCUT2D eigenvalue weighted by Crippen LogP contribution is 2.16. The minimum Gasteiger partial charge on any atom is -0.462 e. The Kier molecular flexibility index (Phi) is 52.3. The molecular weight excluding hydrogens is 765 g/mol. The van der Waals surface area contributed by atoms with Crippen LogP contribution < -0.4 is 0 Å². The normalized spacial score (nSPS) is 12.2. The molecule has 0 spiro atoms. The summed E-state index contributed by atoms with van der Waals surface area (Å²) >= 11 is 0. The Morgan fingerprint density at radius 2 is 0.629 bits per heavy atom. The predicted molar refractivity (Wildman–Crippen MR) is 270 cm³/mol. The van der Waals surface area contributed by atoms with Crippen LogP contribution in [-0.4, -0.2) is 37.9 Å². The van der Waals surface area contributed by atoms with E-state index in [4.69, 9.17) is 14.2 Å². The Hall–Kier alpha value is -1.62. The average Bonchev–Trinajstić information content (AvgIpc) is 3.27. The second-order valence-corrected chi connectivity index (χ2v) is 18.8. The first-order chi connectivity index (χ1) is 30.6. The molecule has 0 bridgehead atoms. The van der Waals surface area contributed by atoms with E-state index < -0.39 is 6.10 Å². The fraction of sp³-hybridized carbons (Fsp3) is 0.895. The highest BCUT2D eigenvalue weighted by Gasteiger charge is 2.17. The molecule has 5 nitrogen and oxygen atoms in total. The number of esters is 2. The summed E-state index contributed by atoms with van der Waals surface area (Å²) in [6, 6.07) is 0. The lowest BCUT2D eigenvalue weighted by atomic mass is 10.0. The van der Waals surface area contributed by atoms with Gasteiger partial charge in [-0.3, -0.25) is 9.59 Å². The Morgan fingerprint density at radius 3 is 0.984 bits per heavy atom. The van der Waals surface area contributed by atoms with Crippen molar-refractivity contribution in [1.29, 1.82) is 0 Å². The molecule has 0 saturated heterocycles. The van der Waals surface area contributed by atoms with E-state index >= 15 is 0 Å². The standard InChI is InChI=1S/C57H108O5/c1-4-7-10-13-16-19-22-25-28-31-34-37-40-43-46-49-52-60-53-55(62-57(59)51-48-45-42-39-36-33-30-27-24-21-18-15-12-9-6-3)54-61-56(58)50-47-44-41-38-35-32-29-26-23-20-17-14-11-8-5-2/h26-27,29-30,55H,4-25,28,31-54H2,1-3H3/b29-26-,30-27-/t55-/m1/s1. The van der Waals surface area contributed by atoms with E-state index in [2.05, 4.69) is 45.1 Å². The Balaban J connectivity index is 4.25. The van der Waals surface area contributed by atoms with E-state index in [1.54, 1.807) is 0 Å². The molecule has 0 aromatic rings. The van der Waals surface area contributed by atoms with Crippen molar-refractivity contribution in [2.24, 2.45) is 0 Å². The maximum atomic E-state index is 12.8. The number of rotatable bonds is 52. The van der Waals surface area contributed by atoms with Gasteiger partial charge in [0, 0.05) is 19.4 Å². The summed E-state index contributed by atoms with van der Waals surface area (Å²) in [4.78, 5) is 25.4. The predicted octanol–water partition coefficient (Wildman–Crippen LogP) is 18.8. The second-order valence-electron chi connectivity index (χ2n) is 18.8. The number of hydrogen-bond acceptors (Lipinski definition) is 5. The van der Waals surface area contributed by atoms with E-state index in [0.717, 1.165) is 57.8 Å². The molecular formula is C57H108O5. The zero-order valence-electron chi connectivity index (χ0n) is 42.2. The molecule has 0 fully saturated rings. The van der Waals surface area contributed by atoms with Crippen LogP contribution in [-0.2, 0) is 23.8 Å². The van der Waals surface area contributed by atoms with Crippen LogP contribution in [0.25, 0.3) is 0 Å². The average molecular weight is 873 g/mol. The van der Waals surface area contributed by atoms with Crippen molar-refractivity contribution in [2.75, 3.05) is 19.8 Å². The summed E-state index contributed by atoms with van der Waals surface area (Å²) in [5.41, 5.74) is 0. The molecule has 62 heavy (non-hydrogen) atoms. The quantitative estimate of drug-likeness (QED) is 0.0346. The van der Waals surface area contributed by atoms with Crippen LogP contribution in [0.15, 0.2) is 24.3 Å².